The molecule has 0 saturated heterocycles. The highest BCUT2D eigenvalue weighted by molar-refractivity contribution is 7.15. The van der Waals surface area contributed by atoms with Gasteiger partial charge in [0.25, 0.3) is 0 Å². The van der Waals surface area contributed by atoms with Gasteiger partial charge in [-0.3, -0.25) is 0 Å². The Morgan fingerprint density at radius 2 is 1.03 bits per heavy atom. The summed E-state index contributed by atoms with van der Waals surface area (Å²) in [4.78, 5) is 5.31. The number of anilines is 3. The van der Waals surface area contributed by atoms with Gasteiger partial charge in [-0.25, -0.2) is 0 Å². The Balaban J connectivity index is 1.09. The molecule has 0 radical (unpaired) electrons. The molecule has 0 atom stereocenters. The summed E-state index contributed by atoms with van der Waals surface area (Å²) in [6, 6.07) is 46.9. The van der Waals surface area contributed by atoms with Crippen LogP contribution in [0.1, 0.15) is 169 Å². The summed E-state index contributed by atoms with van der Waals surface area (Å²) >= 11 is 1.97. The summed E-state index contributed by atoms with van der Waals surface area (Å²) in [5.41, 5.74) is 16.7. The SMILES string of the molecule is CCCCCCCCC1(CCCCCCCC)c2cc(C)ccc2-c2ccc(-c3ccc(N(c4ccccc4)c4ccc(-c5cc(C6CCCCC6)c(C)s5)cc4)cc3)cc21. The summed E-state index contributed by atoms with van der Waals surface area (Å²) < 4.78 is 0. The van der Waals surface area contributed by atoms with E-state index in [0.717, 1.165) is 5.92 Å². The number of aryl methyl sites for hydroxylation is 2. The van der Waals surface area contributed by atoms with Gasteiger partial charge in [-0.2, -0.15) is 0 Å². The van der Waals surface area contributed by atoms with Crippen LogP contribution in [0, 0.1) is 13.8 Å². The Morgan fingerprint density at radius 1 is 0.508 bits per heavy atom. The molecule has 1 saturated carbocycles. The first-order chi connectivity index (χ1) is 30.0. The van der Waals surface area contributed by atoms with Crippen molar-refractivity contribution in [2.24, 2.45) is 0 Å². The second-order valence-corrected chi connectivity index (χ2v) is 19.9. The predicted molar refractivity (Wildman–Crippen MR) is 267 cm³/mol. The lowest BCUT2D eigenvalue weighted by Crippen LogP contribution is -2.25. The number of nitrogens with zero attached hydrogens (tertiary/aromatic N) is 1. The van der Waals surface area contributed by atoms with Crippen molar-refractivity contribution in [1.82, 2.24) is 0 Å². The molecule has 0 unspecified atom stereocenters. The average molecular weight is 826 g/mol. The van der Waals surface area contributed by atoms with Crippen molar-refractivity contribution in [3.05, 3.63) is 148 Å². The number of benzene rings is 5. The Morgan fingerprint density at radius 3 is 1.66 bits per heavy atom. The molecule has 1 heterocycles. The molecule has 61 heavy (non-hydrogen) atoms. The van der Waals surface area contributed by atoms with Crippen LogP contribution in [0.5, 0.6) is 0 Å². The van der Waals surface area contributed by atoms with Crippen LogP contribution in [0.4, 0.5) is 17.1 Å². The minimum Gasteiger partial charge on any atom is -0.311 e. The molecule has 5 aromatic carbocycles. The molecule has 2 aliphatic carbocycles. The van der Waals surface area contributed by atoms with Crippen molar-refractivity contribution in [2.75, 3.05) is 4.90 Å². The highest BCUT2D eigenvalue weighted by atomic mass is 32.1. The molecule has 2 aliphatic rings. The Hall–Kier alpha value is -4.40. The van der Waals surface area contributed by atoms with E-state index in [2.05, 4.69) is 154 Å². The molecule has 6 aromatic rings. The molecule has 1 fully saturated rings. The van der Waals surface area contributed by atoms with E-state index in [-0.39, 0.29) is 5.41 Å². The molecule has 0 spiro atoms. The van der Waals surface area contributed by atoms with E-state index in [1.807, 2.05) is 11.3 Å². The zero-order valence-corrected chi connectivity index (χ0v) is 38.7. The lowest BCUT2D eigenvalue weighted by atomic mass is 9.70. The maximum Gasteiger partial charge on any atom is 0.0462 e. The first-order valence-corrected chi connectivity index (χ1v) is 25.2. The van der Waals surface area contributed by atoms with Crippen LogP contribution in [-0.2, 0) is 5.41 Å². The van der Waals surface area contributed by atoms with Crippen molar-refractivity contribution in [2.45, 2.75) is 161 Å². The zero-order chi connectivity index (χ0) is 42.0. The molecular formula is C59H71NS. The molecule has 0 amide bonds. The van der Waals surface area contributed by atoms with E-state index in [9.17, 15) is 0 Å². The average Bonchev–Trinajstić information content (AvgIpc) is 3.82. The van der Waals surface area contributed by atoms with Gasteiger partial charge >= 0.3 is 0 Å². The van der Waals surface area contributed by atoms with Crippen LogP contribution in [0.2, 0.25) is 0 Å². The molecule has 0 N–H and O–H groups in total. The second-order valence-electron chi connectivity index (χ2n) is 18.6. The van der Waals surface area contributed by atoms with Gasteiger partial charge in [0.05, 0.1) is 0 Å². The number of unbranched alkanes of at least 4 members (excludes halogenated alkanes) is 10. The van der Waals surface area contributed by atoms with E-state index in [4.69, 9.17) is 0 Å². The highest BCUT2D eigenvalue weighted by Crippen LogP contribution is 2.55. The topological polar surface area (TPSA) is 3.24 Å². The summed E-state index contributed by atoms with van der Waals surface area (Å²) in [5.74, 6) is 0.740. The van der Waals surface area contributed by atoms with Gasteiger partial charge in [-0.15, -0.1) is 11.3 Å². The van der Waals surface area contributed by atoms with Gasteiger partial charge in [0.2, 0.25) is 0 Å². The molecule has 318 valence electrons. The second kappa shape index (κ2) is 20.6. The number of rotatable bonds is 20. The quantitative estimate of drug-likeness (QED) is 0.0693. The van der Waals surface area contributed by atoms with Crippen LogP contribution in [0.3, 0.4) is 0 Å². The van der Waals surface area contributed by atoms with Gasteiger partial charge in [0.15, 0.2) is 0 Å². The molecule has 2 heteroatoms. The fraction of sp³-hybridized carbons (Fsp3) is 0.424. The van der Waals surface area contributed by atoms with Gasteiger partial charge in [-0.1, -0.05) is 189 Å². The maximum absolute atomic E-state index is 2.60. The van der Waals surface area contributed by atoms with Gasteiger partial charge in [-0.05, 0) is 138 Å². The molecule has 0 aliphatic heterocycles. The van der Waals surface area contributed by atoms with Crippen molar-refractivity contribution in [3.63, 3.8) is 0 Å². The van der Waals surface area contributed by atoms with Crippen molar-refractivity contribution < 1.29 is 0 Å². The van der Waals surface area contributed by atoms with Crippen LogP contribution in [0.15, 0.2) is 121 Å². The minimum absolute atomic E-state index is 0.0810. The van der Waals surface area contributed by atoms with Crippen molar-refractivity contribution in [3.8, 4) is 32.7 Å². The van der Waals surface area contributed by atoms with Crippen molar-refractivity contribution in [1.29, 1.82) is 0 Å². The first kappa shape index (κ1) is 43.3. The zero-order valence-electron chi connectivity index (χ0n) is 37.9. The summed E-state index contributed by atoms with van der Waals surface area (Å²) in [6.45, 7) is 9.28. The lowest BCUT2D eigenvalue weighted by Gasteiger charge is -2.33. The van der Waals surface area contributed by atoms with Crippen molar-refractivity contribution >= 4 is 28.4 Å². The third kappa shape index (κ3) is 9.81. The Labute approximate surface area is 373 Å². The number of hydrogen-bond donors (Lipinski definition) is 0. The maximum atomic E-state index is 2.60. The third-order valence-corrected chi connectivity index (χ3v) is 15.4. The summed E-state index contributed by atoms with van der Waals surface area (Å²) in [7, 11) is 0. The van der Waals surface area contributed by atoms with Crippen LogP contribution >= 0.6 is 11.3 Å². The first-order valence-electron chi connectivity index (χ1n) is 24.4. The van der Waals surface area contributed by atoms with Crippen LogP contribution < -0.4 is 4.90 Å². The smallest absolute Gasteiger partial charge is 0.0462 e. The number of para-hydroxylation sites is 1. The summed E-state index contributed by atoms with van der Waals surface area (Å²) in [6.07, 6.45) is 25.4. The molecule has 8 rings (SSSR count). The lowest BCUT2D eigenvalue weighted by molar-refractivity contribution is 0.398. The largest absolute Gasteiger partial charge is 0.311 e. The molecule has 0 bridgehead atoms. The number of thiophene rings is 1. The number of fused-ring (bicyclic) bond motifs is 3. The Kier molecular flexibility index (Phi) is 14.6. The standard InChI is InChI=1S/C59H71NS/c1-5-7-9-11-13-21-39-59(40-22-14-12-10-8-6-2)56-41-44(3)27-37-53(56)54-38-32-49(42-57(54)59)46-28-33-51(34-29-46)60(50-25-19-16-20-26-50)52-35-30-48(31-36-52)58-43-55(45(4)61-58)47-23-17-15-18-24-47/h16,19-20,25-38,41-43,47H,5-15,17-18,21-24,39-40H2,1-4H3. The Bertz CT molecular complexity index is 2270. The van der Waals surface area contributed by atoms with Gasteiger partial charge in [0.1, 0.15) is 0 Å². The highest BCUT2D eigenvalue weighted by Gasteiger charge is 2.42. The number of hydrogen-bond acceptors (Lipinski definition) is 2. The monoisotopic (exact) mass is 826 g/mol. The normalized spacial score (nSPS) is 14.6. The predicted octanol–water partition coefficient (Wildman–Crippen LogP) is 19.0. The fourth-order valence-electron chi connectivity index (χ4n) is 10.9. The van der Waals surface area contributed by atoms with Gasteiger partial charge < -0.3 is 4.90 Å². The molecular weight excluding hydrogens is 755 g/mol. The van der Waals surface area contributed by atoms with Crippen LogP contribution in [-0.4, -0.2) is 0 Å². The van der Waals surface area contributed by atoms with E-state index >= 15 is 0 Å². The van der Waals surface area contributed by atoms with E-state index in [1.165, 1.54) is 182 Å². The minimum atomic E-state index is 0.0810. The van der Waals surface area contributed by atoms with Crippen LogP contribution in [0.25, 0.3) is 32.7 Å². The summed E-state index contributed by atoms with van der Waals surface area (Å²) in [5, 5.41) is 0. The molecule has 1 aromatic heterocycles. The van der Waals surface area contributed by atoms with Gasteiger partial charge in [0, 0.05) is 32.2 Å². The van der Waals surface area contributed by atoms with E-state index < -0.39 is 0 Å². The molecule has 1 nitrogen and oxygen atoms in total. The third-order valence-electron chi connectivity index (χ3n) is 14.3. The van der Waals surface area contributed by atoms with E-state index in [0.29, 0.717) is 0 Å². The van der Waals surface area contributed by atoms with E-state index in [1.54, 1.807) is 16.7 Å². The fourth-order valence-corrected chi connectivity index (χ4v) is 12.0.